The zero-order chi connectivity index (χ0) is 16.3. The smallest absolute Gasteiger partial charge is 0.318 e. The van der Waals surface area contributed by atoms with Crippen molar-refractivity contribution in [1.29, 1.82) is 0 Å². The van der Waals surface area contributed by atoms with Crippen molar-refractivity contribution in [1.82, 2.24) is 4.98 Å². The number of aromatic nitrogens is 1. The highest BCUT2D eigenvalue weighted by Gasteiger charge is 2.38. The van der Waals surface area contributed by atoms with Gasteiger partial charge >= 0.3 is 12.1 Å². The normalized spacial score (nSPS) is 11.5. The highest BCUT2D eigenvalue weighted by atomic mass is 32.1. The van der Waals surface area contributed by atoms with E-state index in [1.54, 1.807) is 5.32 Å². The Bertz CT molecular complexity index is 712. The Kier molecular flexibility index (Phi) is 4.65. The van der Waals surface area contributed by atoms with E-state index >= 15 is 0 Å². The van der Waals surface area contributed by atoms with E-state index in [4.69, 9.17) is 0 Å². The van der Waals surface area contributed by atoms with Crippen LogP contribution in [0.5, 0.6) is 0 Å². The number of carbonyl (C=O) groups is 2. The fourth-order valence-electron chi connectivity index (χ4n) is 1.67. The first-order chi connectivity index (χ1) is 10.3. The summed E-state index contributed by atoms with van der Waals surface area (Å²) in [7, 11) is 0. The Hall–Kier alpha value is -2.16. The van der Waals surface area contributed by atoms with E-state index < -0.39 is 12.1 Å². The molecule has 2 aromatic rings. The van der Waals surface area contributed by atoms with Crippen LogP contribution in [0.15, 0.2) is 18.2 Å². The zero-order valence-electron chi connectivity index (χ0n) is 11.5. The van der Waals surface area contributed by atoms with Crippen LogP contribution in [-0.4, -0.2) is 23.0 Å². The molecule has 0 aliphatic heterocycles. The van der Waals surface area contributed by atoms with Crippen LogP contribution < -0.4 is 10.6 Å². The third kappa shape index (κ3) is 3.94. The van der Waals surface area contributed by atoms with Gasteiger partial charge < -0.3 is 10.6 Å². The van der Waals surface area contributed by atoms with Crippen molar-refractivity contribution in [3.8, 4) is 0 Å². The number of carbonyl (C=O) groups excluding carboxylic acids is 2. The largest absolute Gasteiger partial charge is 0.471 e. The number of alkyl halides is 3. The number of thiazole rings is 1. The Morgan fingerprint density at radius 2 is 2.00 bits per heavy atom. The average Bonchev–Trinajstić information content (AvgIpc) is 2.79. The molecule has 5 nitrogen and oxygen atoms in total. The van der Waals surface area contributed by atoms with Crippen molar-refractivity contribution in [2.45, 2.75) is 25.9 Å². The first-order valence-corrected chi connectivity index (χ1v) is 7.20. The van der Waals surface area contributed by atoms with Gasteiger partial charge in [-0.15, -0.1) is 0 Å². The summed E-state index contributed by atoms with van der Waals surface area (Å²) in [6.45, 7) is 1.87. The molecule has 118 valence electrons. The van der Waals surface area contributed by atoms with Crippen LogP contribution in [0.1, 0.15) is 19.8 Å². The van der Waals surface area contributed by atoms with Crippen molar-refractivity contribution >= 4 is 44.2 Å². The van der Waals surface area contributed by atoms with Gasteiger partial charge in [0, 0.05) is 12.1 Å². The third-order valence-corrected chi connectivity index (χ3v) is 3.56. The minimum absolute atomic E-state index is 0.0184. The van der Waals surface area contributed by atoms with E-state index in [0.717, 1.165) is 11.3 Å². The molecular weight excluding hydrogens is 319 g/mol. The molecule has 0 aliphatic carbocycles. The predicted octanol–water partition coefficient (Wildman–Crippen LogP) is 3.54. The minimum Gasteiger partial charge on any atom is -0.318 e. The van der Waals surface area contributed by atoms with Gasteiger partial charge in [0.25, 0.3) is 0 Å². The molecule has 0 spiro atoms. The van der Waals surface area contributed by atoms with Gasteiger partial charge in [-0.25, -0.2) is 4.98 Å². The molecule has 22 heavy (non-hydrogen) atoms. The predicted molar refractivity (Wildman–Crippen MR) is 77.8 cm³/mol. The molecule has 1 aromatic heterocycles. The van der Waals surface area contributed by atoms with Crippen molar-refractivity contribution in [3.63, 3.8) is 0 Å². The van der Waals surface area contributed by atoms with E-state index in [2.05, 4.69) is 10.3 Å². The molecule has 2 rings (SSSR count). The van der Waals surface area contributed by atoms with Gasteiger partial charge in [-0.3, -0.25) is 9.59 Å². The Balaban J connectivity index is 2.17. The van der Waals surface area contributed by atoms with Gasteiger partial charge in [-0.05, 0) is 24.6 Å². The lowest BCUT2D eigenvalue weighted by molar-refractivity contribution is -0.167. The molecule has 1 heterocycles. The lowest BCUT2D eigenvalue weighted by Crippen LogP contribution is -2.29. The number of fused-ring (bicyclic) bond motifs is 1. The number of nitrogens with one attached hydrogen (secondary N) is 2. The maximum absolute atomic E-state index is 12.2. The molecule has 0 radical (unpaired) electrons. The minimum atomic E-state index is -4.94. The first kappa shape index (κ1) is 16.2. The lowest BCUT2D eigenvalue weighted by atomic mass is 10.3. The topological polar surface area (TPSA) is 71.1 Å². The van der Waals surface area contributed by atoms with E-state index in [-0.39, 0.29) is 11.6 Å². The monoisotopic (exact) mass is 331 g/mol. The summed E-state index contributed by atoms with van der Waals surface area (Å²) in [5.74, 6) is -2.21. The second-order valence-electron chi connectivity index (χ2n) is 4.45. The molecule has 0 saturated heterocycles. The highest BCUT2D eigenvalue weighted by Crippen LogP contribution is 2.29. The quantitative estimate of drug-likeness (QED) is 0.900. The maximum atomic E-state index is 12.2. The van der Waals surface area contributed by atoms with Crippen LogP contribution in [0.2, 0.25) is 0 Å². The van der Waals surface area contributed by atoms with E-state index in [1.807, 2.05) is 6.92 Å². The molecule has 2 amide bonds. The number of anilines is 2. The molecule has 0 saturated carbocycles. The number of amides is 2. The average molecular weight is 331 g/mol. The second-order valence-corrected chi connectivity index (χ2v) is 5.48. The van der Waals surface area contributed by atoms with Gasteiger partial charge in [0.1, 0.15) is 0 Å². The number of hydrogen-bond acceptors (Lipinski definition) is 4. The SMILES string of the molecule is CCCC(=O)Nc1nc2ccc(NC(=O)C(F)(F)F)cc2s1. The van der Waals surface area contributed by atoms with Gasteiger partial charge in [-0.1, -0.05) is 18.3 Å². The van der Waals surface area contributed by atoms with Crippen molar-refractivity contribution in [2.24, 2.45) is 0 Å². The molecule has 0 bridgehead atoms. The number of nitrogens with zero attached hydrogens (tertiary/aromatic N) is 1. The molecule has 1 aromatic carbocycles. The summed E-state index contributed by atoms with van der Waals surface area (Å²) >= 11 is 1.12. The molecule has 2 N–H and O–H groups in total. The molecule has 9 heteroatoms. The number of rotatable bonds is 4. The van der Waals surface area contributed by atoms with Crippen molar-refractivity contribution < 1.29 is 22.8 Å². The lowest BCUT2D eigenvalue weighted by Gasteiger charge is -2.07. The molecule has 0 fully saturated rings. The summed E-state index contributed by atoms with van der Waals surface area (Å²) in [4.78, 5) is 26.5. The van der Waals surface area contributed by atoms with Crippen molar-refractivity contribution in [2.75, 3.05) is 10.6 Å². The molecule has 0 aliphatic rings. The Labute approximate surface area is 127 Å². The fourth-order valence-corrected chi connectivity index (χ4v) is 2.59. The van der Waals surface area contributed by atoms with Crippen LogP contribution in [0.25, 0.3) is 10.2 Å². The van der Waals surface area contributed by atoms with Gasteiger partial charge in [0.15, 0.2) is 5.13 Å². The molecular formula is C13H12F3N3O2S. The standard InChI is InChI=1S/C13H12F3N3O2S/c1-2-3-10(20)19-12-18-8-5-4-7(6-9(8)22-12)17-11(21)13(14,15)16/h4-6H,2-3H2,1H3,(H,17,21)(H,18,19,20). The maximum Gasteiger partial charge on any atom is 0.471 e. The zero-order valence-corrected chi connectivity index (χ0v) is 12.3. The van der Waals surface area contributed by atoms with Crippen LogP contribution in [0.4, 0.5) is 24.0 Å². The molecule has 0 unspecified atom stereocenters. The first-order valence-electron chi connectivity index (χ1n) is 6.38. The van der Waals surface area contributed by atoms with E-state index in [9.17, 15) is 22.8 Å². The number of benzene rings is 1. The number of halogens is 3. The third-order valence-electron chi connectivity index (χ3n) is 2.63. The summed E-state index contributed by atoms with van der Waals surface area (Å²) in [6.07, 6.45) is -3.88. The van der Waals surface area contributed by atoms with Crippen LogP contribution in [0.3, 0.4) is 0 Å². The number of hydrogen-bond donors (Lipinski definition) is 2. The second kappa shape index (κ2) is 6.30. The Morgan fingerprint density at radius 1 is 1.27 bits per heavy atom. The van der Waals surface area contributed by atoms with Crippen molar-refractivity contribution in [3.05, 3.63) is 18.2 Å². The molecule has 0 atom stereocenters. The summed E-state index contributed by atoms with van der Waals surface area (Å²) in [6, 6.07) is 4.18. The van der Waals surface area contributed by atoms with Crippen LogP contribution in [-0.2, 0) is 9.59 Å². The Morgan fingerprint density at radius 3 is 2.64 bits per heavy atom. The van der Waals surface area contributed by atoms with E-state index in [0.29, 0.717) is 28.2 Å². The summed E-state index contributed by atoms with van der Waals surface area (Å²) in [5, 5.41) is 4.76. The van der Waals surface area contributed by atoms with Gasteiger partial charge in [0.05, 0.1) is 10.2 Å². The van der Waals surface area contributed by atoms with Crippen LogP contribution in [0, 0.1) is 0 Å². The van der Waals surface area contributed by atoms with Gasteiger partial charge in [0.2, 0.25) is 5.91 Å². The van der Waals surface area contributed by atoms with Crippen LogP contribution >= 0.6 is 11.3 Å². The highest BCUT2D eigenvalue weighted by molar-refractivity contribution is 7.22. The summed E-state index contributed by atoms with van der Waals surface area (Å²) < 4.78 is 37.2. The summed E-state index contributed by atoms with van der Waals surface area (Å²) in [5.41, 5.74) is 0.548. The van der Waals surface area contributed by atoms with Gasteiger partial charge in [-0.2, -0.15) is 13.2 Å². The fraction of sp³-hybridized carbons (Fsp3) is 0.308. The van der Waals surface area contributed by atoms with E-state index in [1.165, 1.54) is 18.2 Å².